The van der Waals surface area contributed by atoms with Gasteiger partial charge >= 0.3 is 5.97 Å². The second-order valence-electron chi connectivity index (χ2n) is 6.11. The van der Waals surface area contributed by atoms with Crippen LogP contribution in [-0.4, -0.2) is 12.1 Å². The van der Waals surface area contributed by atoms with E-state index in [1.54, 1.807) is 12.1 Å². The lowest BCUT2D eigenvalue weighted by molar-refractivity contribution is 0.00798. The first-order chi connectivity index (χ1) is 9.36. The van der Waals surface area contributed by atoms with Gasteiger partial charge in [-0.05, 0) is 55.7 Å². The topological polar surface area (TPSA) is 52.3 Å². The summed E-state index contributed by atoms with van der Waals surface area (Å²) in [6, 6.07) is 3.58. The average molecular weight is 340 g/mol. The van der Waals surface area contributed by atoms with Crippen molar-refractivity contribution in [3.05, 3.63) is 27.7 Å². The van der Waals surface area contributed by atoms with Crippen molar-refractivity contribution in [3.63, 3.8) is 0 Å². The molecule has 1 aromatic rings. The minimum Gasteiger partial charge on any atom is -0.459 e. The van der Waals surface area contributed by atoms with Crippen molar-refractivity contribution in [2.45, 2.75) is 46.1 Å². The fourth-order valence-corrected chi connectivity index (χ4v) is 3.57. The Balaban J connectivity index is 2.12. The third kappa shape index (κ3) is 3.54. The zero-order valence-corrected chi connectivity index (χ0v) is 13.9. The Morgan fingerprint density at radius 1 is 1.25 bits per heavy atom. The summed E-state index contributed by atoms with van der Waals surface area (Å²) in [7, 11) is 0. The Morgan fingerprint density at radius 2 is 1.85 bits per heavy atom. The van der Waals surface area contributed by atoms with Crippen molar-refractivity contribution in [3.8, 4) is 0 Å². The first kappa shape index (κ1) is 15.4. The van der Waals surface area contributed by atoms with E-state index in [4.69, 9.17) is 10.5 Å². The van der Waals surface area contributed by atoms with E-state index in [1.807, 2.05) is 6.92 Å². The Hall–Kier alpha value is -1.03. The standard InChI is InChI=1S/C16H22BrNO2/c1-9-4-10(2)6-13(5-9)20-16(19)14-7-12(17)8-15(18)11(14)3/h7-10,13H,4-6,18H2,1-3H3. The lowest BCUT2D eigenvalue weighted by Crippen LogP contribution is -2.28. The monoisotopic (exact) mass is 339 g/mol. The molecule has 2 atom stereocenters. The molecule has 2 unspecified atom stereocenters. The molecule has 0 radical (unpaired) electrons. The molecule has 0 aromatic heterocycles. The fraction of sp³-hybridized carbons (Fsp3) is 0.562. The second kappa shape index (κ2) is 6.17. The van der Waals surface area contributed by atoms with Crippen LogP contribution in [0.2, 0.25) is 0 Å². The van der Waals surface area contributed by atoms with E-state index in [9.17, 15) is 4.79 Å². The largest absolute Gasteiger partial charge is 0.459 e. The van der Waals surface area contributed by atoms with Gasteiger partial charge in [-0.15, -0.1) is 0 Å². The number of halogens is 1. The van der Waals surface area contributed by atoms with Gasteiger partial charge in [0.2, 0.25) is 0 Å². The number of carbonyl (C=O) groups is 1. The molecular weight excluding hydrogens is 318 g/mol. The van der Waals surface area contributed by atoms with Gasteiger partial charge in [-0.1, -0.05) is 29.8 Å². The summed E-state index contributed by atoms with van der Waals surface area (Å²) in [4.78, 5) is 12.4. The van der Waals surface area contributed by atoms with Crippen molar-refractivity contribution >= 4 is 27.6 Å². The highest BCUT2D eigenvalue weighted by molar-refractivity contribution is 9.10. The molecule has 20 heavy (non-hydrogen) atoms. The summed E-state index contributed by atoms with van der Waals surface area (Å²) in [5.41, 5.74) is 7.85. The van der Waals surface area contributed by atoms with Crippen LogP contribution in [0.1, 0.15) is 49.0 Å². The third-order valence-corrected chi connectivity index (χ3v) is 4.50. The summed E-state index contributed by atoms with van der Waals surface area (Å²) >= 11 is 3.37. The third-order valence-electron chi connectivity index (χ3n) is 4.04. The molecule has 0 heterocycles. The number of anilines is 1. The first-order valence-corrected chi connectivity index (χ1v) is 7.92. The van der Waals surface area contributed by atoms with E-state index >= 15 is 0 Å². The van der Waals surface area contributed by atoms with E-state index in [1.165, 1.54) is 6.42 Å². The van der Waals surface area contributed by atoms with Gasteiger partial charge in [0.15, 0.2) is 0 Å². The Labute approximate surface area is 129 Å². The molecule has 2 N–H and O–H groups in total. The van der Waals surface area contributed by atoms with Crippen LogP contribution >= 0.6 is 15.9 Å². The van der Waals surface area contributed by atoms with Gasteiger partial charge in [-0.3, -0.25) is 0 Å². The highest BCUT2D eigenvalue weighted by Gasteiger charge is 2.27. The van der Waals surface area contributed by atoms with Crippen LogP contribution in [0.5, 0.6) is 0 Å². The van der Waals surface area contributed by atoms with Gasteiger partial charge in [-0.2, -0.15) is 0 Å². The number of rotatable bonds is 2. The molecule has 1 saturated carbocycles. The molecule has 1 aliphatic carbocycles. The molecular formula is C16H22BrNO2. The number of esters is 1. The molecule has 0 bridgehead atoms. The van der Waals surface area contributed by atoms with Crippen LogP contribution in [0.4, 0.5) is 5.69 Å². The van der Waals surface area contributed by atoms with Crippen molar-refractivity contribution < 1.29 is 9.53 Å². The smallest absolute Gasteiger partial charge is 0.338 e. The zero-order chi connectivity index (χ0) is 14.9. The Bertz CT molecular complexity index is 505. The first-order valence-electron chi connectivity index (χ1n) is 7.13. The van der Waals surface area contributed by atoms with Crippen molar-refractivity contribution in [1.29, 1.82) is 0 Å². The Morgan fingerprint density at radius 3 is 2.45 bits per heavy atom. The molecule has 3 nitrogen and oxygen atoms in total. The van der Waals surface area contributed by atoms with E-state index in [0.717, 1.165) is 22.9 Å². The van der Waals surface area contributed by atoms with Crippen LogP contribution in [0.25, 0.3) is 0 Å². The Kier molecular flexibility index (Phi) is 4.74. The van der Waals surface area contributed by atoms with Crippen molar-refractivity contribution in [1.82, 2.24) is 0 Å². The molecule has 1 aromatic carbocycles. The predicted octanol–water partition coefficient (Wildman–Crippen LogP) is 4.32. The zero-order valence-electron chi connectivity index (χ0n) is 12.3. The number of hydrogen-bond donors (Lipinski definition) is 1. The van der Waals surface area contributed by atoms with Gasteiger partial charge in [0.1, 0.15) is 6.10 Å². The number of ether oxygens (including phenoxy) is 1. The number of nitrogen functional groups attached to an aromatic ring is 1. The van der Waals surface area contributed by atoms with Gasteiger partial charge in [-0.25, -0.2) is 4.79 Å². The number of benzene rings is 1. The van der Waals surface area contributed by atoms with E-state index in [-0.39, 0.29) is 12.1 Å². The summed E-state index contributed by atoms with van der Waals surface area (Å²) < 4.78 is 6.50. The molecule has 1 aliphatic rings. The van der Waals surface area contributed by atoms with E-state index in [0.29, 0.717) is 23.1 Å². The SMILES string of the molecule is Cc1c(N)cc(Br)cc1C(=O)OC1CC(C)CC(C)C1. The normalized spacial score (nSPS) is 26.3. The molecule has 110 valence electrons. The van der Waals surface area contributed by atoms with Gasteiger partial charge in [0.05, 0.1) is 5.56 Å². The maximum absolute atomic E-state index is 12.4. The van der Waals surface area contributed by atoms with Gasteiger partial charge < -0.3 is 10.5 Å². The van der Waals surface area contributed by atoms with Gasteiger partial charge in [0.25, 0.3) is 0 Å². The van der Waals surface area contributed by atoms with Crippen LogP contribution in [0, 0.1) is 18.8 Å². The van der Waals surface area contributed by atoms with Crippen molar-refractivity contribution in [2.24, 2.45) is 11.8 Å². The summed E-state index contributed by atoms with van der Waals surface area (Å²) in [6.45, 7) is 6.29. The van der Waals surface area contributed by atoms with E-state index < -0.39 is 0 Å². The average Bonchev–Trinajstić information content (AvgIpc) is 2.32. The number of carbonyl (C=O) groups excluding carboxylic acids is 1. The van der Waals surface area contributed by atoms with Crippen LogP contribution in [0.15, 0.2) is 16.6 Å². The van der Waals surface area contributed by atoms with Crippen LogP contribution < -0.4 is 5.73 Å². The lowest BCUT2D eigenvalue weighted by atomic mass is 9.82. The van der Waals surface area contributed by atoms with Gasteiger partial charge in [0, 0.05) is 10.2 Å². The summed E-state index contributed by atoms with van der Waals surface area (Å²) in [5.74, 6) is 0.970. The van der Waals surface area contributed by atoms with Crippen LogP contribution in [0.3, 0.4) is 0 Å². The minimum absolute atomic E-state index is 0.0286. The quantitative estimate of drug-likeness (QED) is 0.644. The molecule has 0 amide bonds. The second-order valence-corrected chi connectivity index (χ2v) is 7.03. The molecule has 0 spiro atoms. The molecule has 2 rings (SSSR count). The predicted molar refractivity (Wildman–Crippen MR) is 84.7 cm³/mol. The highest BCUT2D eigenvalue weighted by Crippen LogP contribution is 2.31. The molecule has 4 heteroatoms. The highest BCUT2D eigenvalue weighted by atomic mass is 79.9. The summed E-state index contributed by atoms with van der Waals surface area (Å²) in [6.07, 6.45) is 3.16. The maximum Gasteiger partial charge on any atom is 0.338 e. The number of hydrogen-bond acceptors (Lipinski definition) is 3. The lowest BCUT2D eigenvalue weighted by Gasteiger charge is -2.31. The summed E-state index contributed by atoms with van der Waals surface area (Å²) in [5, 5.41) is 0. The minimum atomic E-state index is -0.262. The molecule has 0 saturated heterocycles. The van der Waals surface area contributed by atoms with Crippen molar-refractivity contribution in [2.75, 3.05) is 5.73 Å². The molecule has 0 aliphatic heterocycles. The maximum atomic E-state index is 12.4. The van der Waals surface area contributed by atoms with Crippen LogP contribution in [-0.2, 0) is 4.74 Å². The van der Waals surface area contributed by atoms with E-state index in [2.05, 4.69) is 29.8 Å². The fourth-order valence-electron chi connectivity index (χ4n) is 3.10. The molecule has 1 fully saturated rings. The number of nitrogens with two attached hydrogens (primary N) is 1.